The molecular formula is C15H29N3O3. The van der Waals surface area contributed by atoms with Crippen molar-refractivity contribution in [2.75, 3.05) is 13.2 Å². The van der Waals surface area contributed by atoms with E-state index in [1.54, 1.807) is 0 Å². The zero-order valence-electron chi connectivity index (χ0n) is 13.2. The summed E-state index contributed by atoms with van der Waals surface area (Å²) in [5.74, 6) is 0.403. The van der Waals surface area contributed by atoms with E-state index in [0.29, 0.717) is 18.9 Å². The highest BCUT2D eigenvalue weighted by Gasteiger charge is 2.25. The number of carbonyl (C=O) groups is 2. The number of carbonyl (C=O) groups excluding carboxylic acids is 2. The quantitative estimate of drug-likeness (QED) is 0.542. The van der Waals surface area contributed by atoms with E-state index in [1.807, 2.05) is 13.8 Å². The maximum atomic E-state index is 11.9. The molecule has 1 aliphatic rings. The number of amides is 3. The number of urea groups is 1. The number of hydrogen-bond acceptors (Lipinski definition) is 3. The predicted molar refractivity (Wildman–Crippen MR) is 81.9 cm³/mol. The number of rotatable bonds is 8. The van der Waals surface area contributed by atoms with Gasteiger partial charge in [0.25, 0.3) is 0 Å². The monoisotopic (exact) mass is 299 g/mol. The van der Waals surface area contributed by atoms with Crippen molar-refractivity contribution in [1.29, 1.82) is 0 Å². The molecule has 0 aromatic heterocycles. The van der Waals surface area contributed by atoms with Gasteiger partial charge < -0.3 is 21.1 Å². The lowest BCUT2D eigenvalue weighted by molar-refractivity contribution is -0.121. The van der Waals surface area contributed by atoms with E-state index < -0.39 is 0 Å². The van der Waals surface area contributed by atoms with Gasteiger partial charge in [-0.15, -0.1) is 0 Å². The van der Waals surface area contributed by atoms with Gasteiger partial charge in [-0.2, -0.15) is 0 Å². The number of hydrogen-bond donors (Lipinski definition) is 4. The van der Waals surface area contributed by atoms with Crippen LogP contribution in [0.2, 0.25) is 0 Å². The first-order chi connectivity index (χ1) is 10.0. The summed E-state index contributed by atoms with van der Waals surface area (Å²) in [5, 5.41) is 17.5. The predicted octanol–water partition coefficient (Wildman–Crippen LogP) is 1.14. The zero-order valence-corrected chi connectivity index (χ0v) is 13.2. The molecule has 21 heavy (non-hydrogen) atoms. The van der Waals surface area contributed by atoms with Gasteiger partial charge in [-0.25, -0.2) is 4.79 Å². The molecule has 0 spiro atoms. The van der Waals surface area contributed by atoms with E-state index >= 15 is 0 Å². The summed E-state index contributed by atoms with van der Waals surface area (Å²) < 4.78 is 0. The lowest BCUT2D eigenvalue weighted by Gasteiger charge is -2.24. The highest BCUT2D eigenvalue weighted by Crippen LogP contribution is 2.28. The van der Waals surface area contributed by atoms with Gasteiger partial charge in [0.15, 0.2) is 0 Å². The Bertz CT molecular complexity index is 328. The molecule has 0 heterocycles. The first kappa shape index (κ1) is 17.8. The van der Waals surface area contributed by atoms with Gasteiger partial charge in [-0.3, -0.25) is 4.79 Å². The molecular weight excluding hydrogens is 270 g/mol. The SMILES string of the molecule is CC(C)NC(=O)CCNC(=O)NC(CCO)C1CCCC1. The average Bonchev–Trinajstić information content (AvgIpc) is 2.91. The second-order valence-corrected chi connectivity index (χ2v) is 6.04. The Morgan fingerprint density at radius 3 is 2.43 bits per heavy atom. The largest absolute Gasteiger partial charge is 0.396 e. The molecule has 0 aromatic carbocycles. The van der Waals surface area contributed by atoms with E-state index in [0.717, 1.165) is 12.8 Å². The second kappa shape index (κ2) is 9.60. The lowest BCUT2D eigenvalue weighted by Crippen LogP contribution is -2.46. The van der Waals surface area contributed by atoms with Crippen molar-refractivity contribution in [3.05, 3.63) is 0 Å². The summed E-state index contributed by atoms with van der Waals surface area (Å²) >= 11 is 0. The van der Waals surface area contributed by atoms with E-state index in [1.165, 1.54) is 12.8 Å². The van der Waals surface area contributed by atoms with Gasteiger partial charge in [0.2, 0.25) is 5.91 Å². The van der Waals surface area contributed by atoms with E-state index in [-0.39, 0.29) is 37.0 Å². The van der Waals surface area contributed by atoms with Crippen LogP contribution in [-0.4, -0.2) is 42.3 Å². The highest BCUT2D eigenvalue weighted by molar-refractivity contribution is 5.78. The molecule has 0 aromatic rings. The number of aliphatic hydroxyl groups is 1. The Kier molecular flexibility index (Phi) is 8.12. The van der Waals surface area contributed by atoms with Crippen LogP contribution >= 0.6 is 0 Å². The summed E-state index contributed by atoms with van der Waals surface area (Å²) in [7, 11) is 0. The van der Waals surface area contributed by atoms with Crippen molar-refractivity contribution in [2.45, 2.75) is 64.5 Å². The third-order valence-corrected chi connectivity index (χ3v) is 3.81. The Hall–Kier alpha value is -1.30. The maximum Gasteiger partial charge on any atom is 0.315 e. The molecule has 6 nitrogen and oxygen atoms in total. The van der Waals surface area contributed by atoms with Gasteiger partial charge in [-0.05, 0) is 39.0 Å². The first-order valence-corrected chi connectivity index (χ1v) is 7.97. The van der Waals surface area contributed by atoms with Gasteiger partial charge in [0.05, 0.1) is 0 Å². The molecule has 1 saturated carbocycles. The summed E-state index contributed by atoms with van der Waals surface area (Å²) in [6, 6.07) is -0.109. The van der Waals surface area contributed by atoms with Gasteiger partial charge in [0, 0.05) is 31.7 Å². The standard InChI is InChI=1S/C15H29N3O3/c1-11(2)17-14(20)7-9-16-15(21)18-13(8-10-19)12-5-3-4-6-12/h11-13,19H,3-10H2,1-2H3,(H,17,20)(H2,16,18,21). The topological polar surface area (TPSA) is 90.5 Å². The molecule has 1 rings (SSSR count). The Morgan fingerprint density at radius 2 is 1.86 bits per heavy atom. The van der Waals surface area contributed by atoms with Gasteiger partial charge >= 0.3 is 6.03 Å². The number of aliphatic hydroxyl groups excluding tert-OH is 1. The van der Waals surface area contributed by atoms with Crippen molar-refractivity contribution in [2.24, 2.45) is 5.92 Å². The normalized spacial score (nSPS) is 16.8. The molecule has 0 aliphatic heterocycles. The van der Waals surface area contributed by atoms with Gasteiger partial charge in [-0.1, -0.05) is 12.8 Å². The van der Waals surface area contributed by atoms with Crippen LogP contribution in [0, 0.1) is 5.92 Å². The van der Waals surface area contributed by atoms with Crippen LogP contribution in [0.15, 0.2) is 0 Å². The van der Waals surface area contributed by atoms with Crippen molar-refractivity contribution in [3.8, 4) is 0 Å². The average molecular weight is 299 g/mol. The fourth-order valence-corrected chi connectivity index (χ4v) is 2.83. The van der Waals surface area contributed by atoms with Crippen LogP contribution in [0.4, 0.5) is 4.79 Å². The van der Waals surface area contributed by atoms with Crippen LogP contribution < -0.4 is 16.0 Å². The van der Waals surface area contributed by atoms with Crippen molar-refractivity contribution in [3.63, 3.8) is 0 Å². The molecule has 0 bridgehead atoms. The number of nitrogens with one attached hydrogen (secondary N) is 3. The van der Waals surface area contributed by atoms with Crippen LogP contribution in [0.25, 0.3) is 0 Å². The molecule has 1 aliphatic carbocycles. The molecule has 1 unspecified atom stereocenters. The molecule has 4 N–H and O–H groups in total. The van der Waals surface area contributed by atoms with E-state index in [2.05, 4.69) is 16.0 Å². The second-order valence-electron chi connectivity index (χ2n) is 6.04. The van der Waals surface area contributed by atoms with Crippen molar-refractivity contribution in [1.82, 2.24) is 16.0 Å². The molecule has 122 valence electrons. The fraction of sp³-hybridized carbons (Fsp3) is 0.867. The summed E-state index contributed by atoms with van der Waals surface area (Å²) in [5.41, 5.74) is 0. The van der Waals surface area contributed by atoms with Crippen molar-refractivity contribution >= 4 is 11.9 Å². The minimum Gasteiger partial charge on any atom is -0.396 e. The maximum absolute atomic E-state index is 11.9. The Labute approximate surface area is 127 Å². The third kappa shape index (κ3) is 7.32. The smallest absolute Gasteiger partial charge is 0.315 e. The van der Waals surface area contributed by atoms with Crippen molar-refractivity contribution < 1.29 is 14.7 Å². The molecule has 0 radical (unpaired) electrons. The van der Waals surface area contributed by atoms with Gasteiger partial charge in [0.1, 0.15) is 0 Å². The summed E-state index contributed by atoms with van der Waals surface area (Å²) in [6.07, 6.45) is 5.49. The molecule has 0 saturated heterocycles. The zero-order chi connectivity index (χ0) is 15.7. The molecule has 1 fully saturated rings. The Balaban J connectivity index is 2.25. The molecule has 3 amide bonds. The van der Waals surface area contributed by atoms with Crippen LogP contribution in [0.1, 0.15) is 52.4 Å². The van der Waals surface area contributed by atoms with Crippen LogP contribution in [0.5, 0.6) is 0 Å². The highest BCUT2D eigenvalue weighted by atomic mass is 16.3. The minimum absolute atomic E-state index is 0.0296. The molecule has 6 heteroatoms. The fourth-order valence-electron chi connectivity index (χ4n) is 2.83. The van der Waals surface area contributed by atoms with E-state index in [9.17, 15) is 9.59 Å². The van der Waals surface area contributed by atoms with Crippen LogP contribution in [-0.2, 0) is 4.79 Å². The molecule has 1 atom stereocenters. The minimum atomic E-state index is -0.252. The van der Waals surface area contributed by atoms with Crippen LogP contribution in [0.3, 0.4) is 0 Å². The first-order valence-electron chi connectivity index (χ1n) is 7.97. The summed E-state index contributed by atoms with van der Waals surface area (Å²) in [4.78, 5) is 23.3. The Morgan fingerprint density at radius 1 is 1.19 bits per heavy atom. The third-order valence-electron chi connectivity index (χ3n) is 3.81. The van der Waals surface area contributed by atoms with E-state index in [4.69, 9.17) is 5.11 Å². The lowest BCUT2D eigenvalue weighted by atomic mass is 9.96. The summed E-state index contributed by atoms with van der Waals surface area (Å²) in [6.45, 7) is 4.21.